The Morgan fingerprint density at radius 3 is 2.81 bits per heavy atom. The van der Waals surface area contributed by atoms with Gasteiger partial charge in [-0.15, -0.1) is 0 Å². The van der Waals surface area contributed by atoms with Gasteiger partial charge in [0.2, 0.25) is 5.91 Å². The standard InChI is InChI=1S/C20H18N6O/c1-26-18-10-22-7-14(16(18)9-24-26)12-4-13-6-19(25-20(27)11-2-3-11)23-8-15(13)17(21)5-12/h4-11H,2-3,21H2,1H3,(H,23,25,27). The number of aryl methyl sites for hydroxylation is 1. The lowest BCUT2D eigenvalue weighted by Crippen LogP contribution is -2.14. The number of nitrogen functional groups attached to an aromatic ring is 1. The molecule has 1 amide bonds. The van der Waals surface area contributed by atoms with Gasteiger partial charge in [0.15, 0.2) is 0 Å². The summed E-state index contributed by atoms with van der Waals surface area (Å²) in [5.74, 6) is 0.720. The topological polar surface area (TPSA) is 98.7 Å². The number of fused-ring (bicyclic) bond motifs is 2. The van der Waals surface area contributed by atoms with Gasteiger partial charge in [0.25, 0.3) is 0 Å². The van der Waals surface area contributed by atoms with E-state index >= 15 is 0 Å². The number of nitrogens with two attached hydrogens (primary N) is 1. The zero-order valence-electron chi connectivity index (χ0n) is 14.8. The van der Waals surface area contributed by atoms with Crippen molar-refractivity contribution in [3.8, 4) is 11.1 Å². The van der Waals surface area contributed by atoms with Gasteiger partial charge in [-0.05, 0) is 42.0 Å². The number of carbonyl (C=O) groups excluding carboxylic acids is 1. The minimum atomic E-state index is 0.0373. The van der Waals surface area contributed by atoms with Gasteiger partial charge in [-0.2, -0.15) is 5.10 Å². The summed E-state index contributed by atoms with van der Waals surface area (Å²) in [6.07, 6.45) is 9.07. The van der Waals surface area contributed by atoms with Crippen LogP contribution in [0.15, 0.2) is 43.0 Å². The van der Waals surface area contributed by atoms with Gasteiger partial charge in [-0.3, -0.25) is 14.5 Å². The van der Waals surface area contributed by atoms with Gasteiger partial charge in [0.1, 0.15) is 5.82 Å². The molecule has 3 N–H and O–H groups in total. The molecule has 134 valence electrons. The average molecular weight is 358 g/mol. The van der Waals surface area contributed by atoms with Gasteiger partial charge < -0.3 is 11.1 Å². The molecule has 1 fully saturated rings. The lowest BCUT2D eigenvalue weighted by molar-refractivity contribution is -0.117. The van der Waals surface area contributed by atoms with Crippen LogP contribution in [-0.4, -0.2) is 25.7 Å². The number of nitrogens with one attached hydrogen (secondary N) is 1. The maximum absolute atomic E-state index is 12.0. The Morgan fingerprint density at radius 2 is 2.00 bits per heavy atom. The van der Waals surface area contributed by atoms with Crippen molar-refractivity contribution in [1.29, 1.82) is 0 Å². The predicted octanol–water partition coefficient (Wildman–Crippen LogP) is 3.11. The second kappa shape index (κ2) is 5.77. The van der Waals surface area contributed by atoms with Gasteiger partial charge >= 0.3 is 0 Å². The fourth-order valence-electron chi connectivity index (χ4n) is 3.37. The zero-order chi connectivity index (χ0) is 18.5. The molecule has 3 heterocycles. The third-order valence-corrected chi connectivity index (χ3v) is 5.05. The molecule has 5 rings (SSSR count). The first-order chi connectivity index (χ1) is 13.1. The van der Waals surface area contributed by atoms with Crippen molar-refractivity contribution >= 4 is 39.1 Å². The van der Waals surface area contributed by atoms with E-state index in [0.29, 0.717) is 11.5 Å². The molecule has 0 bridgehead atoms. The lowest BCUT2D eigenvalue weighted by atomic mass is 10.00. The molecule has 4 aromatic rings. The monoisotopic (exact) mass is 358 g/mol. The van der Waals surface area contributed by atoms with Crippen LogP contribution in [0.3, 0.4) is 0 Å². The van der Waals surface area contributed by atoms with Crippen molar-refractivity contribution in [1.82, 2.24) is 19.7 Å². The van der Waals surface area contributed by atoms with Gasteiger partial charge in [-0.25, -0.2) is 4.98 Å². The second-order valence-corrected chi connectivity index (χ2v) is 7.01. The highest BCUT2D eigenvalue weighted by Gasteiger charge is 2.29. The fraction of sp³-hybridized carbons (Fsp3) is 0.200. The molecular weight excluding hydrogens is 340 g/mol. The number of carbonyl (C=O) groups is 1. The molecule has 7 heteroatoms. The molecule has 1 aliphatic carbocycles. The summed E-state index contributed by atoms with van der Waals surface area (Å²) in [4.78, 5) is 20.7. The number of pyridine rings is 2. The number of aromatic nitrogens is 4. The van der Waals surface area contributed by atoms with E-state index in [1.807, 2.05) is 37.6 Å². The number of nitrogens with zero attached hydrogens (tertiary/aromatic N) is 4. The number of benzene rings is 1. The minimum absolute atomic E-state index is 0.0373. The molecule has 1 aliphatic rings. The van der Waals surface area contributed by atoms with Crippen LogP contribution in [-0.2, 0) is 11.8 Å². The third-order valence-electron chi connectivity index (χ3n) is 5.05. The van der Waals surface area contributed by atoms with Gasteiger partial charge in [-0.1, -0.05) is 0 Å². The first-order valence-electron chi connectivity index (χ1n) is 8.86. The van der Waals surface area contributed by atoms with Crippen molar-refractivity contribution in [2.24, 2.45) is 13.0 Å². The van der Waals surface area contributed by atoms with Crippen LogP contribution in [0.25, 0.3) is 32.8 Å². The first kappa shape index (κ1) is 15.7. The smallest absolute Gasteiger partial charge is 0.228 e. The van der Waals surface area contributed by atoms with Crippen LogP contribution in [0, 0.1) is 5.92 Å². The van der Waals surface area contributed by atoms with Crippen molar-refractivity contribution < 1.29 is 4.79 Å². The van der Waals surface area contributed by atoms with Gasteiger partial charge in [0.05, 0.1) is 17.9 Å². The molecule has 0 saturated heterocycles. The third kappa shape index (κ3) is 2.68. The Morgan fingerprint density at radius 1 is 1.15 bits per heavy atom. The Balaban J connectivity index is 1.63. The summed E-state index contributed by atoms with van der Waals surface area (Å²) < 4.78 is 1.80. The minimum Gasteiger partial charge on any atom is -0.398 e. The molecule has 0 radical (unpaired) electrons. The van der Waals surface area contributed by atoms with Crippen LogP contribution < -0.4 is 11.1 Å². The number of anilines is 2. The zero-order valence-corrected chi connectivity index (χ0v) is 14.8. The van der Waals surface area contributed by atoms with E-state index < -0.39 is 0 Å². The maximum atomic E-state index is 12.0. The Bertz CT molecular complexity index is 1210. The summed E-state index contributed by atoms with van der Waals surface area (Å²) >= 11 is 0. The van der Waals surface area contributed by atoms with Crippen LogP contribution in [0.2, 0.25) is 0 Å². The lowest BCUT2D eigenvalue weighted by Gasteiger charge is -2.10. The quantitative estimate of drug-likeness (QED) is 0.548. The molecule has 3 aromatic heterocycles. The highest BCUT2D eigenvalue weighted by atomic mass is 16.2. The van der Waals surface area contributed by atoms with Crippen LogP contribution in [0.5, 0.6) is 0 Å². The van der Waals surface area contributed by atoms with E-state index in [4.69, 9.17) is 5.73 Å². The number of rotatable bonds is 3. The summed E-state index contributed by atoms with van der Waals surface area (Å²) in [6, 6.07) is 5.84. The molecule has 0 spiro atoms. The number of amides is 1. The normalized spacial score (nSPS) is 14.0. The molecule has 27 heavy (non-hydrogen) atoms. The number of hydrogen-bond acceptors (Lipinski definition) is 5. The molecule has 0 atom stereocenters. The summed E-state index contributed by atoms with van der Waals surface area (Å²) in [5.41, 5.74) is 9.80. The van der Waals surface area contributed by atoms with E-state index in [1.54, 1.807) is 17.1 Å². The van der Waals surface area contributed by atoms with E-state index in [1.165, 1.54) is 0 Å². The maximum Gasteiger partial charge on any atom is 0.228 e. The highest BCUT2D eigenvalue weighted by molar-refractivity contribution is 6.02. The largest absolute Gasteiger partial charge is 0.398 e. The summed E-state index contributed by atoms with van der Waals surface area (Å²) in [7, 11) is 1.89. The van der Waals surface area contributed by atoms with Crippen molar-refractivity contribution in [3.05, 3.63) is 43.0 Å². The van der Waals surface area contributed by atoms with E-state index in [-0.39, 0.29) is 11.8 Å². The molecule has 7 nitrogen and oxygen atoms in total. The number of hydrogen-bond donors (Lipinski definition) is 2. The molecule has 1 saturated carbocycles. The average Bonchev–Trinajstić information content (AvgIpc) is 3.45. The Kier molecular flexibility index (Phi) is 3.36. The molecular formula is C20H18N6O. The van der Waals surface area contributed by atoms with Crippen molar-refractivity contribution in [2.45, 2.75) is 12.8 Å². The fourth-order valence-corrected chi connectivity index (χ4v) is 3.37. The summed E-state index contributed by atoms with van der Waals surface area (Å²) in [5, 5.41) is 10.0. The summed E-state index contributed by atoms with van der Waals surface area (Å²) in [6.45, 7) is 0. The molecule has 1 aromatic carbocycles. The SMILES string of the molecule is Cn1ncc2c(-c3cc(N)c4cnc(NC(=O)C5CC5)cc4c3)cncc21. The Hall–Kier alpha value is -3.48. The molecule has 0 unspecified atom stereocenters. The molecule has 0 aliphatic heterocycles. The van der Waals surface area contributed by atoms with E-state index in [9.17, 15) is 4.79 Å². The first-order valence-corrected chi connectivity index (χ1v) is 8.86. The second-order valence-electron chi connectivity index (χ2n) is 7.01. The van der Waals surface area contributed by atoms with Crippen molar-refractivity contribution in [2.75, 3.05) is 11.1 Å². The van der Waals surface area contributed by atoms with E-state index in [0.717, 1.165) is 45.6 Å². The predicted molar refractivity (Wildman–Crippen MR) is 105 cm³/mol. The van der Waals surface area contributed by atoms with Crippen LogP contribution in [0.4, 0.5) is 11.5 Å². The highest BCUT2D eigenvalue weighted by Crippen LogP contribution is 2.34. The Labute approximate surface area is 155 Å². The van der Waals surface area contributed by atoms with Crippen molar-refractivity contribution in [3.63, 3.8) is 0 Å². The van der Waals surface area contributed by atoms with Crippen LogP contribution >= 0.6 is 0 Å². The van der Waals surface area contributed by atoms with E-state index in [2.05, 4.69) is 20.4 Å². The van der Waals surface area contributed by atoms with Gasteiger partial charge in [0, 0.05) is 47.4 Å². The van der Waals surface area contributed by atoms with Crippen LogP contribution in [0.1, 0.15) is 12.8 Å².